The van der Waals surface area contributed by atoms with Crippen molar-refractivity contribution in [3.63, 3.8) is 0 Å². The van der Waals surface area contributed by atoms with Gasteiger partial charge in [-0.05, 0) is 18.8 Å². The van der Waals surface area contributed by atoms with Crippen LogP contribution in [0.2, 0.25) is 0 Å². The highest BCUT2D eigenvalue weighted by atomic mass is 16.7. The minimum Gasteiger partial charge on any atom is -0.481 e. The average molecular weight is 418 g/mol. The van der Waals surface area contributed by atoms with E-state index in [0.29, 0.717) is 12.8 Å². The van der Waals surface area contributed by atoms with E-state index < -0.39 is 48.4 Å². The summed E-state index contributed by atoms with van der Waals surface area (Å²) in [4.78, 5) is 34.2. The van der Waals surface area contributed by atoms with Crippen LogP contribution in [0.15, 0.2) is 0 Å². The third-order valence-corrected chi connectivity index (χ3v) is 4.86. The van der Waals surface area contributed by atoms with E-state index in [4.69, 9.17) is 14.6 Å². The van der Waals surface area contributed by atoms with Crippen LogP contribution in [0.4, 0.5) is 0 Å². The van der Waals surface area contributed by atoms with Crippen LogP contribution in [0.25, 0.3) is 0 Å². The summed E-state index contributed by atoms with van der Waals surface area (Å²) in [5.41, 5.74) is 0. The zero-order valence-corrected chi connectivity index (χ0v) is 17.5. The van der Waals surface area contributed by atoms with E-state index in [9.17, 15) is 24.6 Å². The van der Waals surface area contributed by atoms with Gasteiger partial charge in [-0.15, -0.1) is 0 Å². The first-order chi connectivity index (χ1) is 13.5. The maximum Gasteiger partial charge on any atom is 0.303 e. The molecular formula is C19H34N2O8. The van der Waals surface area contributed by atoms with Crippen molar-refractivity contribution in [2.45, 2.75) is 77.6 Å². The number of nitrogens with one attached hydrogen (secondary N) is 2. The van der Waals surface area contributed by atoms with Crippen LogP contribution in [0.3, 0.4) is 0 Å². The predicted molar refractivity (Wildman–Crippen MR) is 103 cm³/mol. The highest BCUT2D eigenvalue weighted by Gasteiger charge is 2.42. The van der Waals surface area contributed by atoms with Crippen molar-refractivity contribution in [1.82, 2.24) is 10.6 Å². The Bertz CT molecular complexity index is 556. The van der Waals surface area contributed by atoms with E-state index in [1.807, 2.05) is 0 Å². The lowest BCUT2D eigenvalue weighted by Gasteiger charge is -2.41. The van der Waals surface area contributed by atoms with Crippen LogP contribution in [-0.2, 0) is 23.9 Å². The van der Waals surface area contributed by atoms with Gasteiger partial charge < -0.3 is 35.4 Å². The number of aliphatic hydroxyl groups is 2. The number of carbonyl (C=O) groups excluding carboxylic acids is 2. The van der Waals surface area contributed by atoms with Gasteiger partial charge in [0, 0.05) is 32.4 Å². The molecule has 1 fully saturated rings. The second-order valence-electron chi connectivity index (χ2n) is 7.77. The molecule has 0 aromatic rings. The molecule has 1 saturated heterocycles. The summed E-state index contributed by atoms with van der Waals surface area (Å²) in [6, 6.07) is -0.724. The Morgan fingerprint density at radius 3 is 2.34 bits per heavy atom. The van der Waals surface area contributed by atoms with Gasteiger partial charge in [-0.1, -0.05) is 20.8 Å². The van der Waals surface area contributed by atoms with Crippen molar-refractivity contribution in [2.24, 2.45) is 11.8 Å². The van der Waals surface area contributed by atoms with E-state index in [1.165, 1.54) is 6.92 Å². The summed E-state index contributed by atoms with van der Waals surface area (Å²) in [5, 5.41) is 34.4. The molecule has 1 aliphatic heterocycles. The zero-order valence-electron chi connectivity index (χ0n) is 17.5. The van der Waals surface area contributed by atoms with Crippen LogP contribution in [0.1, 0.15) is 47.0 Å². The highest BCUT2D eigenvalue weighted by Crippen LogP contribution is 2.27. The lowest BCUT2D eigenvalue weighted by molar-refractivity contribution is -0.275. The Hall–Kier alpha value is -1.75. The minimum atomic E-state index is -1.21. The van der Waals surface area contributed by atoms with Gasteiger partial charge in [-0.25, -0.2) is 0 Å². The highest BCUT2D eigenvalue weighted by molar-refractivity contribution is 5.87. The number of aliphatic carboxylic acids is 1. The Labute approximate surface area is 170 Å². The van der Waals surface area contributed by atoms with E-state index >= 15 is 0 Å². The third-order valence-electron chi connectivity index (χ3n) is 4.86. The molecule has 0 aromatic heterocycles. The molecule has 0 saturated carbocycles. The lowest BCUT2D eigenvalue weighted by atomic mass is 9.92. The van der Waals surface area contributed by atoms with Crippen LogP contribution in [0.5, 0.6) is 0 Å². The molecule has 10 heteroatoms. The Kier molecular flexibility index (Phi) is 10.5. The fourth-order valence-electron chi connectivity index (χ4n) is 3.07. The molecule has 0 bridgehead atoms. The first kappa shape index (κ1) is 25.3. The van der Waals surface area contributed by atoms with Crippen molar-refractivity contribution >= 4 is 17.8 Å². The van der Waals surface area contributed by atoms with Crippen LogP contribution in [-0.4, -0.2) is 76.9 Å². The Morgan fingerprint density at radius 2 is 1.79 bits per heavy atom. The number of carboxylic acid groups (broad SMARTS) is 1. The molecule has 1 rings (SSSR count). The molecule has 168 valence electrons. The molecule has 0 aliphatic carbocycles. The second kappa shape index (κ2) is 12.1. The molecule has 1 heterocycles. The number of aliphatic hydroxyl groups excluding tert-OH is 2. The monoisotopic (exact) mass is 418 g/mol. The van der Waals surface area contributed by atoms with Crippen molar-refractivity contribution in [1.29, 1.82) is 0 Å². The Morgan fingerprint density at radius 1 is 1.14 bits per heavy atom. The fraction of sp³-hybridized carbons (Fsp3) is 0.842. The topological polar surface area (TPSA) is 154 Å². The van der Waals surface area contributed by atoms with Gasteiger partial charge in [0.2, 0.25) is 11.8 Å². The Balaban J connectivity index is 2.59. The van der Waals surface area contributed by atoms with Gasteiger partial charge in [-0.2, -0.15) is 0 Å². The van der Waals surface area contributed by atoms with Crippen molar-refractivity contribution in [3.8, 4) is 0 Å². The van der Waals surface area contributed by atoms with Gasteiger partial charge in [0.1, 0.15) is 18.2 Å². The summed E-state index contributed by atoms with van der Waals surface area (Å²) in [6.45, 7) is 6.79. The van der Waals surface area contributed by atoms with Gasteiger partial charge in [0.25, 0.3) is 0 Å². The smallest absolute Gasteiger partial charge is 0.303 e. The number of ether oxygens (including phenoxy) is 2. The van der Waals surface area contributed by atoms with Gasteiger partial charge in [-0.3, -0.25) is 14.4 Å². The molecule has 5 unspecified atom stereocenters. The predicted octanol–water partition coefficient (Wildman–Crippen LogP) is -0.382. The van der Waals surface area contributed by atoms with Crippen LogP contribution < -0.4 is 10.6 Å². The number of unbranched alkanes of at least 4 members (excludes halogenated alkanes) is 1. The molecular weight excluding hydrogens is 384 g/mol. The number of rotatable bonds is 11. The number of carbonyl (C=O) groups is 3. The normalized spacial score (nSPS) is 28.0. The van der Waals surface area contributed by atoms with Gasteiger partial charge in [0.15, 0.2) is 6.29 Å². The molecule has 1 aliphatic rings. The standard InChI is InChI=1S/C19H34N2O8/c1-10(2)15(21-12(4)22)18(27)20-9-13-17(26)16(25)11(3)19(29-13)28-8-6-5-7-14(23)24/h10-11,13,15-17,19,25-26H,5-9H2,1-4H3,(H,20,27)(H,21,22)(H,23,24)/t11?,13?,15-,16?,17?,19?/m1/s1. The first-order valence-electron chi connectivity index (χ1n) is 9.94. The van der Waals surface area contributed by atoms with Crippen LogP contribution in [0, 0.1) is 11.8 Å². The van der Waals surface area contributed by atoms with Gasteiger partial charge in [0.05, 0.1) is 6.10 Å². The summed E-state index contributed by atoms with van der Waals surface area (Å²) >= 11 is 0. The largest absolute Gasteiger partial charge is 0.481 e. The maximum absolute atomic E-state index is 12.4. The SMILES string of the molecule is CC(=O)N[C@@H](C(=O)NCC1OC(OCCCCC(=O)O)C(C)C(O)C1O)C(C)C. The molecule has 0 aromatic carbocycles. The van der Waals surface area contributed by atoms with E-state index in [-0.39, 0.29) is 31.4 Å². The van der Waals surface area contributed by atoms with Gasteiger partial charge >= 0.3 is 5.97 Å². The zero-order chi connectivity index (χ0) is 22.1. The molecule has 6 atom stereocenters. The lowest BCUT2D eigenvalue weighted by Crippen LogP contribution is -2.58. The third kappa shape index (κ3) is 8.25. The van der Waals surface area contributed by atoms with E-state index in [1.54, 1.807) is 20.8 Å². The summed E-state index contributed by atoms with van der Waals surface area (Å²) in [5.74, 6) is -2.25. The minimum absolute atomic E-state index is 0.0474. The molecule has 2 amide bonds. The maximum atomic E-state index is 12.4. The van der Waals surface area contributed by atoms with Crippen molar-refractivity contribution in [2.75, 3.05) is 13.2 Å². The summed E-state index contributed by atoms with van der Waals surface area (Å²) < 4.78 is 11.3. The number of carboxylic acids is 1. The molecule has 0 spiro atoms. The molecule has 5 N–H and O–H groups in total. The average Bonchev–Trinajstić information content (AvgIpc) is 2.63. The van der Waals surface area contributed by atoms with E-state index in [0.717, 1.165) is 0 Å². The quantitative estimate of drug-likeness (QED) is 0.284. The molecule has 0 radical (unpaired) electrons. The first-order valence-corrected chi connectivity index (χ1v) is 9.94. The van der Waals surface area contributed by atoms with E-state index in [2.05, 4.69) is 10.6 Å². The molecule has 10 nitrogen and oxygen atoms in total. The number of hydrogen-bond donors (Lipinski definition) is 5. The number of hydrogen-bond acceptors (Lipinski definition) is 7. The molecule has 29 heavy (non-hydrogen) atoms. The second-order valence-corrected chi connectivity index (χ2v) is 7.77. The number of amides is 2. The summed E-state index contributed by atoms with van der Waals surface area (Å²) in [6.07, 6.45) is -2.98. The van der Waals surface area contributed by atoms with Crippen molar-refractivity contribution < 1.29 is 39.2 Å². The fourth-order valence-corrected chi connectivity index (χ4v) is 3.07. The van der Waals surface area contributed by atoms with Crippen molar-refractivity contribution in [3.05, 3.63) is 0 Å². The van der Waals surface area contributed by atoms with Crippen LogP contribution >= 0.6 is 0 Å². The summed E-state index contributed by atoms with van der Waals surface area (Å²) in [7, 11) is 0.